The number of nitrogens with one attached hydrogen (secondary N) is 1. The highest BCUT2D eigenvalue weighted by Gasteiger charge is 2.32. The number of aromatic nitrogens is 2. The lowest BCUT2D eigenvalue weighted by atomic mass is 9.83. The van der Waals surface area contributed by atoms with Crippen molar-refractivity contribution in [1.82, 2.24) is 9.97 Å². The summed E-state index contributed by atoms with van der Waals surface area (Å²) in [6.45, 7) is 0. The van der Waals surface area contributed by atoms with Crippen LogP contribution in [0.4, 0.5) is 5.82 Å². The third-order valence-electron chi connectivity index (χ3n) is 5.97. The summed E-state index contributed by atoms with van der Waals surface area (Å²) in [6, 6.07) is 29.5. The fourth-order valence-corrected chi connectivity index (χ4v) is 4.28. The van der Waals surface area contributed by atoms with E-state index in [1.54, 1.807) is 42.6 Å². The van der Waals surface area contributed by atoms with Gasteiger partial charge in [0.05, 0.1) is 17.3 Å². The molecule has 166 valence electrons. The Morgan fingerprint density at radius 2 is 1.31 bits per heavy atom. The largest absolute Gasteiger partial charge is 0.289 e. The molecule has 6 rings (SSSR count). The average molecular weight is 454 g/mol. The number of ketones is 2. The van der Waals surface area contributed by atoms with Gasteiger partial charge in [-0.2, -0.15) is 5.10 Å². The number of rotatable bonds is 4. The van der Waals surface area contributed by atoms with Gasteiger partial charge in [0.1, 0.15) is 0 Å². The number of hydrogen-bond acceptors (Lipinski definition) is 6. The molecule has 6 heteroatoms. The minimum Gasteiger partial charge on any atom is -0.289 e. The second-order valence-corrected chi connectivity index (χ2v) is 8.13. The highest BCUT2D eigenvalue weighted by Crippen LogP contribution is 2.35. The Hall–Kier alpha value is -4.97. The summed E-state index contributed by atoms with van der Waals surface area (Å²) in [4.78, 5) is 36.3. The van der Waals surface area contributed by atoms with E-state index in [4.69, 9.17) is 9.97 Å². The van der Waals surface area contributed by atoms with Crippen molar-refractivity contribution >= 4 is 34.5 Å². The summed E-state index contributed by atoms with van der Waals surface area (Å²) >= 11 is 0. The molecule has 4 aromatic carbocycles. The number of hydrazone groups is 1. The van der Waals surface area contributed by atoms with Gasteiger partial charge in [0.25, 0.3) is 0 Å². The van der Waals surface area contributed by atoms with E-state index in [1.807, 2.05) is 60.7 Å². The van der Waals surface area contributed by atoms with Crippen LogP contribution in [0.25, 0.3) is 22.3 Å². The van der Waals surface area contributed by atoms with E-state index < -0.39 is 0 Å². The maximum atomic E-state index is 13.6. The number of fused-ring (bicyclic) bond motifs is 4. The van der Waals surface area contributed by atoms with Gasteiger partial charge in [-0.15, -0.1) is 0 Å². The molecule has 1 heterocycles. The monoisotopic (exact) mass is 454 g/mol. The molecule has 6 nitrogen and oxygen atoms in total. The summed E-state index contributed by atoms with van der Waals surface area (Å²) in [5, 5.41) is 4.97. The summed E-state index contributed by atoms with van der Waals surface area (Å²) in [7, 11) is 0. The van der Waals surface area contributed by atoms with Gasteiger partial charge in [-0.25, -0.2) is 9.97 Å². The van der Waals surface area contributed by atoms with Gasteiger partial charge < -0.3 is 0 Å². The summed E-state index contributed by atoms with van der Waals surface area (Å²) in [5.74, 6) is 0.469. The number of carbonyl (C=O) groups is 2. The molecule has 0 bridgehead atoms. The minimum absolute atomic E-state index is 0.186. The SMILES string of the molecule is O=C1c2ccccc2C(=O)c2c1ccc1c(N/N=C\c3ccccc3)nc(-c3ccccc3)nc21. The predicted molar refractivity (Wildman–Crippen MR) is 136 cm³/mol. The van der Waals surface area contributed by atoms with Crippen LogP contribution in [0.2, 0.25) is 0 Å². The molecule has 5 aromatic rings. The van der Waals surface area contributed by atoms with Crippen molar-refractivity contribution in [3.63, 3.8) is 0 Å². The van der Waals surface area contributed by atoms with Gasteiger partial charge in [0.15, 0.2) is 23.2 Å². The molecule has 1 N–H and O–H groups in total. The minimum atomic E-state index is -0.225. The van der Waals surface area contributed by atoms with E-state index in [0.29, 0.717) is 44.8 Å². The van der Waals surface area contributed by atoms with E-state index in [1.165, 1.54) is 0 Å². The predicted octanol–water partition coefficient (Wildman–Crippen LogP) is 5.52. The zero-order valence-corrected chi connectivity index (χ0v) is 18.5. The molecular weight excluding hydrogens is 436 g/mol. The Morgan fingerprint density at radius 1 is 0.657 bits per heavy atom. The summed E-state index contributed by atoms with van der Waals surface area (Å²) < 4.78 is 0. The lowest BCUT2D eigenvalue weighted by Crippen LogP contribution is -2.21. The number of nitrogens with zero attached hydrogens (tertiary/aromatic N) is 3. The number of benzene rings is 4. The molecule has 35 heavy (non-hydrogen) atoms. The molecule has 1 aliphatic rings. The molecule has 0 fully saturated rings. The highest BCUT2D eigenvalue weighted by atomic mass is 16.1. The fourth-order valence-electron chi connectivity index (χ4n) is 4.28. The lowest BCUT2D eigenvalue weighted by molar-refractivity contribution is 0.0980. The first-order chi connectivity index (χ1) is 17.2. The van der Waals surface area contributed by atoms with Crippen LogP contribution in [0, 0.1) is 0 Å². The first-order valence-electron chi connectivity index (χ1n) is 11.1. The van der Waals surface area contributed by atoms with Crippen LogP contribution in [-0.4, -0.2) is 27.7 Å². The Labute approximate surface area is 201 Å². The van der Waals surface area contributed by atoms with Crippen LogP contribution in [0.1, 0.15) is 37.4 Å². The van der Waals surface area contributed by atoms with Crippen molar-refractivity contribution in [1.29, 1.82) is 0 Å². The van der Waals surface area contributed by atoms with E-state index in [2.05, 4.69) is 10.5 Å². The van der Waals surface area contributed by atoms with Crippen molar-refractivity contribution in [2.24, 2.45) is 5.10 Å². The van der Waals surface area contributed by atoms with E-state index in [9.17, 15) is 9.59 Å². The van der Waals surface area contributed by atoms with Crippen molar-refractivity contribution < 1.29 is 9.59 Å². The second kappa shape index (κ2) is 8.43. The van der Waals surface area contributed by atoms with Gasteiger partial charge in [0, 0.05) is 27.6 Å². The number of carbonyl (C=O) groups excluding carboxylic acids is 2. The van der Waals surface area contributed by atoms with Crippen molar-refractivity contribution in [3.8, 4) is 11.4 Å². The van der Waals surface area contributed by atoms with Gasteiger partial charge in [-0.05, 0) is 17.7 Å². The van der Waals surface area contributed by atoms with Crippen molar-refractivity contribution in [3.05, 3.63) is 125 Å². The molecule has 0 atom stereocenters. The summed E-state index contributed by atoms with van der Waals surface area (Å²) in [6.07, 6.45) is 1.69. The Bertz CT molecular complexity index is 1640. The van der Waals surface area contributed by atoms with Gasteiger partial charge in [0.2, 0.25) is 0 Å². The van der Waals surface area contributed by atoms with Crippen LogP contribution >= 0.6 is 0 Å². The van der Waals surface area contributed by atoms with Crippen LogP contribution in [0.15, 0.2) is 102 Å². The zero-order chi connectivity index (χ0) is 23.8. The molecule has 0 radical (unpaired) electrons. The van der Waals surface area contributed by atoms with Crippen LogP contribution in [0.5, 0.6) is 0 Å². The molecule has 0 unspecified atom stereocenters. The average Bonchev–Trinajstić information content (AvgIpc) is 2.92. The normalized spacial score (nSPS) is 12.6. The first kappa shape index (κ1) is 20.6. The van der Waals surface area contributed by atoms with Crippen LogP contribution < -0.4 is 5.43 Å². The molecule has 1 aromatic heterocycles. The molecule has 0 aliphatic heterocycles. The van der Waals surface area contributed by atoms with E-state index >= 15 is 0 Å². The van der Waals surface area contributed by atoms with Gasteiger partial charge >= 0.3 is 0 Å². The second-order valence-electron chi connectivity index (χ2n) is 8.13. The Balaban J connectivity index is 1.55. The number of anilines is 1. The number of hydrogen-bond donors (Lipinski definition) is 1. The lowest BCUT2D eigenvalue weighted by Gasteiger charge is -2.19. The van der Waals surface area contributed by atoms with Gasteiger partial charge in [-0.3, -0.25) is 15.0 Å². The molecule has 0 saturated heterocycles. The quantitative estimate of drug-likeness (QED) is 0.280. The summed E-state index contributed by atoms with van der Waals surface area (Å²) in [5.41, 5.74) is 6.59. The fraction of sp³-hybridized carbons (Fsp3) is 0. The molecule has 0 amide bonds. The Morgan fingerprint density at radius 3 is 2.06 bits per heavy atom. The van der Waals surface area contributed by atoms with E-state index in [0.717, 1.165) is 11.1 Å². The zero-order valence-electron chi connectivity index (χ0n) is 18.5. The molecule has 0 spiro atoms. The molecule has 0 saturated carbocycles. The standard InChI is InChI=1S/C29H18N4O2/c34-26-20-13-7-8-14-21(20)27(35)24-22(26)15-16-23-25(24)31-28(19-11-5-2-6-12-19)32-29(23)33-30-17-18-9-3-1-4-10-18/h1-17H,(H,31,32,33)/b30-17-. The smallest absolute Gasteiger partial charge is 0.196 e. The topological polar surface area (TPSA) is 84.3 Å². The van der Waals surface area contributed by atoms with Gasteiger partial charge in [-0.1, -0.05) is 84.9 Å². The van der Waals surface area contributed by atoms with Crippen LogP contribution in [-0.2, 0) is 0 Å². The third kappa shape index (κ3) is 3.57. The van der Waals surface area contributed by atoms with Crippen LogP contribution in [0.3, 0.4) is 0 Å². The maximum absolute atomic E-state index is 13.6. The van der Waals surface area contributed by atoms with E-state index in [-0.39, 0.29) is 11.6 Å². The maximum Gasteiger partial charge on any atom is 0.196 e. The molecular formula is C29H18N4O2. The highest BCUT2D eigenvalue weighted by molar-refractivity contribution is 6.32. The van der Waals surface area contributed by atoms with Crippen molar-refractivity contribution in [2.75, 3.05) is 5.43 Å². The van der Waals surface area contributed by atoms with Crippen molar-refractivity contribution in [2.45, 2.75) is 0 Å². The first-order valence-corrected chi connectivity index (χ1v) is 11.1. The third-order valence-corrected chi connectivity index (χ3v) is 5.97. The Kier molecular flexibility index (Phi) is 4.96. The molecule has 1 aliphatic carbocycles.